The van der Waals surface area contributed by atoms with Gasteiger partial charge in [-0.05, 0) is 30.3 Å². The number of fused-ring (bicyclic) bond motifs is 1. The molecule has 4 rings (SSSR count). The Hall–Kier alpha value is -2.76. The lowest BCUT2D eigenvalue weighted by atomic mass is 10.0. The molecule has 136 valence electrons. The molecule has 6 heteroatoms. The Bertz CT molecular complexity index is 785. The molecule has 5 nitrogen and oxygen atoms in total. The monoisotopic (exact) mass is 354 g/mol. The van der Waals surface area contributed by atoms with Gasteiger partial charge in [-0.25, -0.2) is 4.39 Å². The van der Waals surface area contributed by atoms with Crippen LogP contribution in [0.25, 0.3) is 0 Å². The maximum absolute atomic E-state index is 13.1. The van der Waals surface area contributed by atoms with E-state index in [-0.39, 0.29) is 11.7 Å². The molecule has 2 aromatic carbocycles. The van der Waals surface area contributed by atoms with Crippen LogP contribution in [0.15, 0.2) is 53.5 Å². The van der Waals surface area contributed by atoms with Crippen molar-refractivity contribution >= 4 is 11.6 Å². The fraction of sp³-hybridized carbons (Fsp3) is 0.350. The van der Waals surface area contributed by atoms with Crippen LogP contribution in [0.2, 0.25) is 0 Å². The summed E-state index contributed by atoms with van der Waals surface area (Å²) in [6.45, 7) is 4.61. The van der Waals surface area contributed by atoms with E-state index in [4.69, 9.17) is 10.5 Å². The van der Waals surface area contributed by atoms with Crippen LogP contribution in [-0.4, -0.2) is 50.2 Å². The van der Waals surface area contributed by atoms with Gasteiger partial charge in [0.1, 0.15) is 11.6 Å². The van der Waals surface area contributed by atoms with Crippen LogP contribution >= 0.6 is 0 Å². The molecule has 2 aliphatic heterocycles. The molecule has 2 aliphatic rings. The van der Waals surface area contributed by atoms with Gasteiger partial charge in [-0.2, -0.15) is 0 Å². The van der Waals surface area contributed by atoms with Crippen molar-refractivity contribution in [3.63, 3.8) is 0 Å². The molecule has 26 heavy (non-hydrogen) atoms. The van der Waals surface area contributed by atoms with Gasteiger partial charge in [-0.3, -0.25) is 4.99 Å². The molecule has 0 aliphatic carbocycles. The number of para-hydroxylation sites is 1. The number of ether oxygens (including phenoxy) is 1. The minimum Gasteiger partial charge on any atom is -0.493 e. The second-order valence-electron chi connectivity index (χ2n) is 6.70. The Labute approximate surface area is 152 Å². The van der Waals surface area contributed by atoms with Gasteiger partial charge in [0.2, 0.25) is 0 Å². The highest BCUT2D eigenvalue weighted by atomic mass is 19.1. The molecule has 1 unspecified atom stereocenters. The quantitative estimate of drug-likeness (QED) is 0.679. The maximum Gasteiger partial charge on any atom is 0.191 e. The summed E-state index contributed by atoms with van der Waals surface area (Å²) in [7, 11) is 0. The van der Waals surface area contributed by atoms with Crippen molar-refractivity contribution in [2.24, 2.45) is 10.7 Å². The predicted octanol–water partition coefficient (Wildman–Crippen LogP) is 2.44. The molecule has 0 saturated carbocycles. The number of piperazine rings is 1. The van der Waals surface area contributed by atoms with Gasteiger partial charge < -0.3 is 20.3 Å². The number of hydrogen-bond acceptors (Lipinski definition) is 3. The van der Waals surface area contributed by atoms with E-state index in [9.17, 15) is 4.39 Å². The lowest BCUT2D eigenvalue weighted by Crippen LogP contribution is -2.51. The van der Waals surface area contributed by atoms with E-state index in [2.05, 4.69) is 20.9 Å². The first-order valence-corrected chi connectivity index (χ1v) is 8.98. The van der Waals surface area contributed by atoms with E-state index >= 15 is 0 Å². The minimum atomic E-state index is -0.207. The molecule has 0 amide bonds. The Morgan fingerprint density at radius 3 is 2.58 bits per heavy atom. The Morgan fingerprint density at radius 2 is 1.81 bits per heavy atom. The molecule has 0 aromatic heterocycles. The summed E-state index contributed by atoms with van der Waals surface area (Å²) in [5.41, 5.74) is 8.47. The van der Waals surface area contributed by atoms with E-state index in [1.807, 2.05) is 30.3 Å². The van der Waals surface area contributed by atoms with E-state index in [0.717, 1.165) is 37.6 Å². The third-order valence-corrected chi connectivity index (χ3v) is 5.07. The summed E-state index contributed by atoms with van der Waals surface area (Å²) in [6.07, 6.45) is 0. The lowest BCUT2D eigenvalue weighted by molar-refractivity contribution is 0.331. The maximum atomic E-state index is 13.1. The van der Waals surface area contributed by atoms with Crippen LogP contribution in [-0.2, 0) is 0 Å². The van der Waals surface area contributed by atoms with Crippen molar-refractivity contribution in [3.8, 4) is 5.75 Å². The summed E-state index contributed by atoms with van der Waals surface area (Å²) < 4.78 is 18.8. The van der Waals surface area contributed by atoms with Crippen molar-refractivity contribution in [1.82, 2.24) is 4.90 Å². The van der Waals surface area contributed by atoms with Gasteiger partial charge in [0, 0.05) is 43.3 Å². The average molecular weight is 354 g/mol. The van der Waals surface area contributed by atoms with E-state index in [1.165, 1.54) is 17.7 Å². The zero-order valence-electron chi connectivity index (χ0n) is 14.6. The molecule has 1 saturated heterocycles. The largest absolute Gasteiger partial charge is 0.493 e. The molecule has 2 heterocycles. The van der Waals surface area contributed by atoms with Crippen LogP contribution in [0.1, 0.15) is 11.5 Å². The molecular weight excluding hydrogens is 331 g/mol. The van der Waals surface area contributed by atoms with E-state index in [0.29, 0.717) is 19.1 Å². The van der Waals surface area contributed by atoms with Crippen molar-refractivity contribution in [2.45, 2.75) is 5.92 Å². The fourth-order valence-electron chi connectivity index (χ4n) is 3.53. The number of aliphatic imine (C=N–C) groups is 1. The van der Waals surface area contributed by atoms with Gasteiger partial charge in [-0.15, -0.1) is 0 Å². The second-order valence-corrected chi connectivity index (χ2v) is 6.70. The zero-order chi connectivity index (χ0) is 17.9. The SMILES string of the molecule is NC(=NCC1COc2ccccc21)N1CCN(c2ccc(F)cc2)CC1. The molecular formula is C20H23FN4O. The minimum absolute atomic E-state index is 0.207. The summed E-state index contributed by atoms with van der Waals surface area (Å²) in [5, 5.41) is 0. The smallest absolute Gasteiger partial charge is 0.191 e. The number of guanidine groups is 1. The number of halogens is 1. The van der Waals surface area contributed by atoms with Crippen LogP contribution in [0, 0.1) is 5.82 Å². The predicted molar refractivity (Wildman–Crippen MR) is 101 cm³/mol. The van der Waals surface area contributed by atoms with Gasteiger partial charge in [0.05, 0.1) is 13.2 Å². The highest BCUT2D eigenvalue weighted by Gasteiger charge is 2.24. The number of hydrogen-bond donors (Lipinski definition) is 1. The van der Waals surface area contributed by atoms with Gasteiger partial charge in [-0.1, -0.05) is 18.2 Å². The van der Waals surface area contributed by atoms with Gasteiger partial charge in [0.25, 0.3) is 0 Å². The summed E-state index contributed by atoms with van der Waals surface area (Å²) in [5.74, 6) is 1.61. The first-order chi connectivity index (χ1) is 12.7. The molecule has 0 spiro atoms. The highest BCUT2D eigenvalue weighted by molar-refractivity contribution is 5.78. The van der Waals surface area contributed by atoms with Crippen LogP contribution in [0.5, 0.6) is 5.75 Å². The van der Waals surface area contributed by atoms with Crippen LogP contribution in [0.3, 0.4) is 0 Å². The van der Waals surface area contributed by atoms with Crippen molar-refractivity contribution in [1.29, 1.82) is 0 Å². The Balaban J connectivity index is 1.33. The summed E-state index contributed by atoms with van der Waals surface area (Å²) in [6, 6.07) is 14.7. The highest BCUT2D eigenvalue weighted by Crippen LogP contribution is 2.33. The number of benzene rings is 2. The fourth-order valence-corrected chi connectivity index (χ4v) is 3.53. The summed E-state index contributed by atoms with van der Waals surface area (Å²) >= 11 is 0. The first kappa shape index (κ1) is 16.7. The van der Waals surface area contributed by atoms with Crippen molar-refractivity contribution < 1.29 is 9.13 Å². The molecule has 0 radical (unpaired) electrons. The number of nitrogens with two attached hydrogens (primary N) is 1. The summed E-state index contributed by atoms with van der Waals surface area (Å²) in [4.78, 5) is 8.96. The topological polar surface area (TPSA) is 54.1 Å². The van der Waals surface area contributed by atoms with Crippen LogP contribution in [0.4, 0.5) is 10.1 Å². The van der Waals surface area contributed by atoms with Gasteiger partial charge >= 0.3 is 0 Å². The zero-order valence-corrected chi connectivity index (χ0v) is 14.6. The molecule has 1 atom stereocenters. The second kappa shape index (κ2) is 7.23. The van der Waals surface area contributed by atoms with E-state index < -0.39 is 0 Å². The first-order valence-electron chi connectivity index (χ1n) is 8.98. The van der Waals surface area contributed by atoms with Crippen molar-refractivity contribution in [3.05, 3.63) is 59.9 Å². The number of nitrogens with zero attached hydrogens (tertiary/aromatic N) is 3. The standard InChI is InChI=1S/C20H23FN4O/c21-16-5-7-17(8-6-16)24-9-11-25(12-10-24)20(22)23-13-15-14-26-19-4-2-1-3-18(15)19/h1-8,15H,9-14H2,(H2,22,23). The third-order valence-electron chi connectivity index (χ3n) is 5.07. The number of rotatable bonds is 3. The Kier molecular flexibility index (Phi) is 4.65. The molecule has 2 N–H and O–H groups in total. The third kappa shape index (κ3) is 3.45. The number of anilines is 1. The molecule has 0 bridgehead atoms. The Morgan fingerprint density at radius 1 is 1.08 bits per heavy atom. The normalized spacial score (nSPS) is 20.0. The lowest BCUT2D eigenvalue weighted by Gasteiger charge is -2.36. The van der Waals surface area contributed by atoms with Crippen LogP contribution < -0.4 is 15.4 Å². The molecule has 2 aromatic rings. The van der Waals surface area contributed by atoms with E-state index in [1.54, 1.807) is 0 Å². The van der Waals surface area contributed by atoms with Crippen molar-refractivity contribution in [2.75, 3.05) is 44.2 Å². The van der Waals surface area contributed by atoms with Gasteiger partial charge in [0.15, 0.2) is 5.96 Å². The average Bonchev–Trinajstić information content (AvgIpc) is 3.10. The molecule has 1 fully saturated rings.